The molecule has 4 atom stereocenters. The number of urea groups is 1. The van der Waals surface area contributed by atoms with Crippen molar-refractivity contribution in [2.75, 3.05) is 6.54 Å². The number of ketones is 2. The Labute approximate surface area is 237 Å². The van der Waals surface area contributed by atoms with Crippen LogP contribution in [0.4, 0.5) is 4.79 Å². The monoisotopic (exact) mass is 561 g/mol. The van der Waals surface area contributed by atoms with Crippen molar-refractivity contribution in [3.8, 4) is 0 Å². The number of nitrogens with one attached hydrogen (secondary N) is 3. The van der Waals surface area contributed by atoms with Crippen LogP contribution >= 0.6 is 0 Å². The molecule has 224 valence electrons. The number of nitrogens with two attached hydrogens (primary N) is 1. The van der Waals surface area contributed by atoms with Gasteiger partial charge in [-0.1, -0.05) is 60.8 Å². The van der Waals surface area contributed by atoms with Gasteiger partial charge in [0.2, 0.25) is 17.6 Å². The van der Waals surface area contributed by atoms with Crippen LogP contribution in [0.2, 0.25) is 0 Å². The number of amides is 5. The summed E-state index contributed by atoms with van der Waals surface area (Å²) in [7, 11) is 0. The van der Waals surface area contributed by atoms with Crippen molar-refractivity contribution < 1.29 is 28.8 Å². The standard InChI is InChI=1S/C29H47N5O6/c1-16(2)20(23(36)29(6)12-13-29)32-27(40)33-22(28(3,4)5)26(39)34-14-8-11-19(34)25(38)31-18(21(35)24(30)37)15-17-9-7-10-17/h16-20,22H,7-15H2,1-6H3,(H2,30,37)(H,31,38)(H2,32,33,40). The van der Waals surface area contributed by atoms with Gasteiger partial charge in [0.15, 0.2) is 5.78 Å². The second-order valence-corrected chi connectivity index (χ2v) is 13.6. The van der Waals surface area contributed by atoms with E-state index in [-0.39, 0.29) is 17.6 Å². The summed E-state index contributed by atoms with van der Waals surface area (Å²) < 4.78 is 0. The highest BCUT2D eigenvalue weighted by Gasteiger charge is 2.49. The smallest absolute Gasteiger partial charge is 0.316 e. The molecule has 1 aliphatic heterocycles. The molecule has 11 nitrogen and oxygen atoms in total. The van der Waals surface area contributed by atoms with Crippen molar-refractivity contribution in [1.82, 2.24) is 20.9 Å². The fourth-order valence-electron chi connectivity index (χ4n) is 5.51. The quantitative estimate of drug-likeness (QED) is 0.265. The number of carbonyl (C=O) groups excluding carboxylic acids is 6. The molecule has 1 heterocycles. The topological polar surface area (TPSA) is 168 Å². The highest BCUT2D eigenvalue weighted by atomic mass is 16.2. The lowest BCUT2D eigenvalue weighted by Gasteiger charge is -2.36. The molecule has 3 rings (SSSR count). The molecule has 40 heavy (non-hydrogen) atoms. The Morgan fingerprint density at radius 3 is 2.05 bits per heavy atom. The number of hydrogen-bond donors (Lipinski definition) is 4. The summed E-state index contributed by atoms with van der Waals surface area (Å²) in [4.78, 5) is 78.8. The van der Waals surface area contributed by atoms with Gasteiger partial charge in [-0.3, -0.25) is 24.0 Å². The van der Waals surface area contributed by atoms with Gasteiger partial charge < -0.3 is 26.6 Å². The average molecular weight is 562 g/mol. The molecule has 3 fully saturated rings. The molecule has 4 unspecified atom stereocenters. The maximum atomic E-state index is 13.8. The maximum absolute atomic E-state index is 13.8. The van der Waals surface area contributed by atoms with E-state index < -0.39 is 64.5 Å². The van der Waals surface area contributed by atoms with Gasteiger partial charge in [0.25, 0.3) is 5.91 Å². The van der Waals surface area contributed by atoms with E-state index in [0.29, 0.717) is 25.8 Å². The van der Waals surface area contributed by atoms with E-state index in [0.717, 1.165) is 32.1 Å². The van der Waals surface area contributed by atoms with Crippen molar-refractivity contribution in [1.29, 1.82) is 0 Å². The minimum Gasteiger partial charge on any atom is -0.363 e. The first kappa shape index (κ1) is 31.5. The third kappa shape index (κ3) is 7.40. The van der Waals surface area contributed by atoms with Crippen LogP contribution in [0, 0.1) is 22.7 Å². The van der Waals surface area contributed by atoms with Crippen LogP contribution in [0.3, 0.4) is 0 Å². The van der Waals surface area contributed by atoms with E-state index in [1.165, 1.54) is 4.90 Å². The van der Waals surface area contributed by atoms with Crippen molar-refractivity contribution in [3.63, 3.8) is 0 Å². The van der Waals surface area contributed by atoms with Gasteiger partial charge >= 0.3 is 6.03 Å². The number of primary amides is 1. The summed E-state index contributed by atoms with van der Waals surface area (Å²) >= 11 is 0. The summed E-state index contributed by atoms with van der Waals surface area (Å²) in [6.45, 7) is 11.4. The molecule has 2 saturated carbocycles. The van der Waals surface area contributed by atoms with Crippen LogP contribution in [0.1, 0.15) is 92.9 Å². The van der Waals surface area contributed by atoms with Gasteiger partial charge in [-0.05, 0) is 49.4 Å². The number of nitrogens with zero attached hydrogens (tertiary/aromatic N) is 1. The van der Waals surface area contributed by atoms with E-state index in [9.17, 15) is 28.8 Å². The zero-order chi connectivity index (χ0) is 30.0. The molecule has 1 saturated heterocycles. The molecule has 5 N–H and O–H groups in total. The third-order valence-electron chi connectivity index (χ3n) is 8.73. The van der Waals surface area contributed by atoms with Gasteiger partial charge in [0, 0.05) is 12.0 Å². The third-order valence-corrected chi connectivity index (χ3v) is 8.73. The summed E-state index contributed by atoms with van der Waals surface area (Å²) in [5.74, 6) is -2.75. The van der Waals surface area contributed by atoms with E-state index in [1.807, 2.05) is 41.5 Å². The number of likely N-dealkylation sites (tertiary alicyclic amines) is 1. The van der Waals surface area contributed by atoms with E-state index >= 15 is 0 Å². The zero-order valence-electron chi connectivity index (χ0n) is 24.8. The lowest BCUT2D eigenvalue weighted by molar-refractivity contribution is -0.143. The van der Waals surface area contributed by atoms with Crippen molar-refractivity contribution >= 4 is 35.3 Å². The lowest BCUT2D eigenvalue weighted by atomic mass is 9.80. The van der Waals surface area contributed by atoms with Gasteiger partial charge in [-0.2, -0.15) is 0 Å². The number of carbonyl (C=O) groups is 6. The van der Waals surface area contributed by atoms with Crippen molar-refractivity contribution in [3.05, 3.63) is 0 Å². The molecule has 0 aromatic rings. The Morgan fingerprint density at radius 1 is 0.950 bits per heavy atom. The second kappa shape index (κ2) is 12.3. The van der Waals surface area contributed by atoms with Crippen LogP contribution in [0.15, 0.2) is 0 Å². The van der Waals surface area contributed by atoms with Gasteiger partial charge in [-0.15, -0.1) is 0 Å². The summed E-state index contributed by atoms with van der Waals surface area (Å²) in [6, 6.07) is -4.12. The second-order valence-electron chi connectivity index (χ2n) is 13.6. The number of hydrogen-bond acceptors (Lipinski definition) is 6. The van der Waals surface area contributed by atoms with Crippen molar-refractivity contribution in [2.45, 2.75) is 117 Å². The molecule has 2 aliphatic carbocycles. The summed E-state index contributed by atoms with van der Waals surface area (Å²) in [6.07, 6.45) is 5.80. The predicted molar refractivity (Wildman–Crippen MR) is 149 cm³/mol. The van der Waals surface area contributed by atoms with E-state index in [2.05, 4.69) is 16.0 Å². The van der Waals surface area contributed by atoms with Crippen LogP contribution in [0.25, 0.3) is 0 Å². The zero-order valence-corrected chi connectivity index (χ0v) is 24.8. The molecule has 11 heteroatoms. The SMILES string of the molecule is CC(C)C(NC(=O)NC(C(=O)N1CCCC1C(=O)NC(CC1CCC1)C(=O)C(N)=O)C(C)(C)C)C(=O)C1(C)CC1. The van der Waals surface area contributed by atoms with Gasteiger partial charge in [-0.25, -0.2) is 4.79 Å². The number of rotatable bonds is 12. The first-order valence-electron chi connectivity index (χ1n) is 14.6. The first-order chi connectivity index (χ1) is 18.5. The predicted octanol–water partition coefficient (Wildman–Crippen LogP) is 1.81. The molecule has 0 spiro atoms. The molecular formula is C29H47N5O6. The Hall–Kier alpha value is -2.98. The molecule has 0 radical (unpaired) electrons. The highest BCUT2D eigenvalue weighted by molar-refractivity contribution is 6.37. The molecular weight excluding hydrogens is 514 g/mol. The minimum absolute atomic E-state index is 0.00507. The van der Waals surface area contributed by atoms with Crippen LogP contribution in [0.5, 0.6) is 0 Å². The maximum Gasteiger partial charge on any atom is 0.316 e. The fraction of sp³-hybridized carbons (Fsp3) is 0.793. The van der Waals surface area contributed by atoms with E-state index in [1.54, 1.807) is 0 Å². The van der Waals surface area contributed by atoms with E-state index in [4.69, 9.17) is 5.73 Å². The Bertz CT molecular complexity index is 1030. The largest absolute Gasteiger partial charge is 0.363 e. The average Bonchev–Trinajstić information content (AvgIpc) is 3.39. The van der Waals surface area contributed by atoms with Gasteiger partial charge in [0.1, 0.15) is 12.1 Å². The van der Waals surface area contributed by atoms with Gasteiger partial charge in [0.05, 0.1) is 12.1 Å². The molecule has 3 aliphatic rings. The molecule has 0 bridgehead atoms. The first-order valence-corrected chi connectivity index (χ1v) is 14.6. The molecule has 5 amide bonds. The van der Waals surface area contributed by atoms with Crippen molar-refractivity contribution in [2.24, 2.45) is 28.4 Å². The Kier molecular flexibility index (Phi) is 9.67. The summed E-state index contributed by atoms with van der Waals surface area (Å²) in [5.41, 5.74) is 4.12. The molecule has 0 aromatic carbocycles. The van der Waals surface area contributed by atoms with Crippen LogP contribution in [-0.4, -0.2) is 70.9 Å². The normalized spacial score (nSPS) is 22.5. The highest BCUT2D eigenvalue weighted by Crippen LogP contribution is 2.47. The Morgan fingerprint density at radius 2 is 1.57 bits per heavy atom. The lowest BCUT2D eigenvalue weighted by Crippen LogP contribution is -2.61. The van der Waals surface area contributed by atoms with Crippen LogP contribution in [-0.2, 0) is 24.0 Å². The minimum atomic E-state index is -1.10. The number of Topliss-reactive ketones (excluding diaryl/α,β-unsaturated/α-hetero) is 2. The van der Waals surface area contributed by atoms with Crippen LogP contribution < -0.4 is 21.7 Å². The summed E-state index contributed by atoms with van der Waals surface area (Å²) in [5, 5.41) is 8.27. The fourth-order valence-corrected chi connectivity index (χ4v) is 5.51. The molecule has 0 aromatic heterocycles. The Balaban J connectivity index is 1.71.